The lowest BCUT2D eigenvalue weighted by Crippen LogP contribution is -2.44. The average Bonchev–Trinajstić information content (AvgIpc) is 2.70. The molecule has 1 amide bonds. The summed E-state index contributed by atoms with van der Waals surface area (Å²) in [6.07, 6.45) is 0. The van der Waals surface area contributed by atoms with Crippen molar-refractivity contribution in [3.05, 3.63) is 64.7 Å². The minimum atomic E-state index is -0.422. The van der Waals surface area contributed by atoms with E-state index in [0.29, 0.717) is 17.4 Å². The van der Waals surface area contributed by atoms with Crippen molar-refractivity contribution in [2.24, 2.45) is 5.41 Å². The number of nitrogens with zero attached hydrogens (tertiary/aromatic N) is 1. The summed E-state index contributed by atoms with van der Waals surface area (Å²) in [5, 5.41) is 6.79. The van der Waals surface area contributed by atoms with Crippen LogP contribution >= 0.6 is 0 Å². The number of benzene rings is 2. The highest BCUT2D eigenvalue weighted by molar-refractivity contribution is 5.92. The van der Waals surface area contributed by atoms with E-state index >= 15 is 0 Å². The zero-order valence-electron chi connectivity index (χ0n) is 17.1. The molecule has 152 valence electrons. The van der Waals surface area contributed by atoms with Gasteiger partial charge in [0.25, 0.3) is 11.5 Å². The van der Waals surface area contributed by atoms with Crippen molar-refractivity contribution < 1.29 is 9.53 Å². The zero-order chi connectivity index (χ0) is 21.0. The van der Waals surface area contributed by atoms with Crippen LogP contribution < -0.4 is 20.9 Å². The summed E-state index contributed by atoms with van der Waals surface area (Å²) in [6.45, 7) is 6.63. The van der Waals surface area contributed by atoms with E-state index in [2.05, 4.69) is 41.4 Å². The summed E-state index contributed by atoms with van der Waals surface area (Å²) in [4.78, 5) is 31.7. The van der Waals surface area contributed by atoms with Crippen LogP contribution in [0.2, 0.25) is 0 Å². The molecule has 29 heavy (non-hydrogen) atoms. The number of aromatic nitrogens is 2. The Hall–Kier alpha value is -3.35. The molecule has 3 N–H and O–H groups in total. The molecule has 0 aliphatic carbocycles. The molecule has 0 fully saturated rings. The smallest absolute Gasteiger partial charge is 0.287 e. The molecule has 7 heteroatoms. The van der Waals surface area contributed by atoms with Gasteiger partial charge in [-0.2, -0.15) is 0 Å². The van der Waals surface area contributed by atoms with Gasteiger partial charge in [0, 0.05) is 24.3 Å². The van der Waals surface area contributed by atoms with Gasteiger partial charge < -0.3 is 20.4 Å². The molecule has 1 aromatic heterocycles. The molecule has 7 nitrogen and oxygen atoms in total. The van der Waals surface area contributed by atoms with Gasteiger partial charge in [-0.25, -0.2) is 4.98 Å². The van der Waals surface area contributed by atoms with Crippen LogP contribution in [0.1, 0.15) is 31.4 Å². The second-order valence-electron chi connectivity index (χ2n) is 7.94. The molecular formula is C22H26N4O3. The molecule has 3 rings (SSSR count). The van der Waals surface area contributed by atoms with E-state index in [0.717, 1.165) is 11.4 Å². The van der Waals surface area contributed by atoms with Crippen molar-refractivity contribution in [1.82, 2.24) is 15.3 Å². The number of para-hydroxylation sites is 1. The van der Waals surface area contributed by atoms with Gasteiger partial charge in [0.05, 0.1) is 18.0 Å². The Morgan fingerprint density at radius 3 is 2.66 bits per heavy atom. The molecule has 0 spiro atoms. The van der Waals surface area contributed by atoms with E-state index in [1.807, 2.05) is 24.3 Å². The number of carbonyl (C=O) groups is 1. The van der Waals surface area contributed by atoms with Gasteiger partial charge >= 0.3 is 0 Å². The normalized spacial score (nSPS) is 12.4. The van der Waals surface area contributed by atoms with Gasteiger partial charge in [-0.1, -0.05) is 39.0 Å². The van der Waals surface area contributed by atoms with E-state index < -0.39 is 5.91 Å². The fraction of sp³-hybridized carbons (Fsp3) is 0.318. The Balaban J connectivity index is 1.75. The third-order valence-electron chi connectivity index (χ3n) is 4.75. The first-order valence-electron chi connectivity index (χ1n) is 9.46. The second-order valence-corrected chi connectivity index (χ2v) is 7.94. The zero-order valence-corrected chi connectivity index (χ0v) is 17.1. The van der Waals surface area contributed by atoms with Crippen LogP contribution in [0.25, 0.3) is 10.9 Å². The fourth-order valence-corrected chi connectivity index (χ4v) is 2.96. The Morgan fingerprint density at radius 1 is 1.17 bits per heavy atom. The number of anilines is 1. The molecule has 1 atom stereocenters. The topological polar surface area (TPSA) is 96.1 Å². The van der Waals surface area contributed by atoms with Crippen molar-refractivity contribution >= 4 is 22.5 Å². The number of hydrogen-bond acceptors (Lipinski definition) is 5. The monoisotopic (exact) mass is 394 g/mol. The lowest BCUT2D eigenvalue weighted by atomic mass is 9.86. The van der Waals surface area contributed by atoms with Crippen molar-refractivity contribution in [2.75, 3.05) is 19.0 Å². The fourth-order valence-electron chi connectivity index (χ4n) is 2.96. The van der Waals surface area contributed by atoms with E-state index in [1.165, 1.54) is 0 Å². The minimum absolute atomic E-state index is 0.00254. The Morgan fingerprint density at radius 2 is 1.93 bits per heavy atom. The molecule has 0 aliphatic rings. The first-order valence-corrected chi connectivity index (χ1v) is 9.46. The molecule has 0 unspecified atom stereocenters. The molecule has 1 heterocycles. The van der Waals surface area contributed by atoms with Crippen LogP contribution in [-0.2, 0) is 0 Å². The third-order valence-corrected chi connectivity index (χ3v) is 4.75. The third kappa shape index (κ3) is 4.93. The number of amides is 1. The number of ether oxygens (including phenoxy) is 1. The molecule has 0 bridgehead atoms. The summed E-state index contributed by atoms with van der Waals surface area (Å²) in [6, 6.07) is 14.5. The largest absolute Gasteiger partial charge is 0.497 e. The number of aromatic amines is 1. The lowest BCUT2D eigenvalue weighted by Gasteiger charge is -2.32. The van der Waals surface area contributed by atoms with E-state index in [9.17, 15) is 9.59 Å². The first kappa shape index (κ1) is 20.4. The van der Waals surface area contributed by atoms with Gasteiger partial charge in [0.2, 0.25) is 0 Å². The Labute approximate surface area is 169 Å². The number of nitrogens with one attached hydrogen (secondary N) is 3. The molecule has 3 aromatic rings. The highest BCUT2D eigenvalue weighted by atomic mass is 16.5. The van der Waals surface area contributed by atoms with Gasteiger partial charge in [0.15, 0.2) is 5.82 Å². The van der Waals surface area contributed by atoms with Crippen LogP contribution in [0.3, 0.4) is 0 Å². The highest BCUT2D eigenvalue weighted by Crippen LogP contribution is 2.25. The number of H-pyrrole nitrogens is 1. The van der Waals surface area contributed by atoms with Gasteiger partial charge in [0.1, 0.15) is 5.75 Å². The van der Waals surface area contributed by atoms with Crippen molar-refractivity contribution in [1.29, 1.82) is 0 Å². The maximum atomic E-state index is 12.6. The molecular weight excluding hydrogens is 368 g/mol. The minimum Gasteiger partial charge on any atom is -0.497 e. The second kappa shape index (κ2) is 8.34. The summed E-state index contributed by atoms with van der Waals surface area (Å²) in [5.41, 5.74) is 0.919. The van der Waals surface area contributed by atoms with Crippen LogP contribution in [0.4, 0.5) is 5.69 Å². The van der Waals surface area contributed by atoms with Gasteiger partial charge in [-0.05, 0) is 29.7 Å². The molecule has 2 aromatic carbocycles. The summed E-state index contributed by atoms with van der Waals surface area (Å²) >= 11 is 0. The van der Waals surface area contributed by atoms with E-state index in [-0.39, 0.29) is 22.8 Å². The number of methoxy groups -OCH3 is 1. The van der Waals surface area contributed by atoms with Crippen LogP contribution in [0.5, 0.6) is 5.75 Å². The lowest BCUT2D eigenvalue weighted by molar-refractivity contribution is 0.0936. The Kier molecular flexibility index (Phi) is 5.87. The van der Waals surface area contributed by atoms with Crippen LogP contribution in [0, 0.1) is 5.41 Å². The highest BCUT2D eigenvalue weighted by Gasteiger charge is 2.25. The number of hydrogen-bond donors (Lipinski definition) is 3. The van der Waals surface area contributed by atoms with Crippen LogP contribution in [-0.4, -0.2) is 35.6 Å². The molecule has 0 saturated heterocycles. The van der Waals surface area contributed by atoms with E-state index in [1.54, 1.807) is 31.4 Å². The number of carbonyl (C=O) groups excluding carboxylic acids is 1. The summed E-state index contributed by atoms with van der Waals surface area (Å²) < 4.78 is 5.27. The predicted octanol–water partition coefficient (Wildman–Crippen LogP) is 3.19. The SMILES string of the molecule is COc1cccc(N[C@@H](CNC(=O)c2nc3ccccc3c(=O)[nH]2)C(C)(C)C)c1. The summed E-state index contributed by atoms with van der Waals surface area (Å²) in [5.74, 6) is 0.335. The number of rotatable bonds is 6. The maximum Gasteiger partial charge on any atom is 0.287 e. The quantitative estimate of drug-likeness (QED) is 0.597. The van der Waals surface area contributed by atoms with Crippen molar-refractivity contribution in [2.45, 2.75) is 26.8 Å². The Bertz CT molecular complexity index is 1070. The summed E-state index contributed by atoms with van der Waals surface area (Å²) in [7, 11) is 1.62. The van der Waals surface area contributed by atoms with Crippen molar-refractivity contribution in [3.8, 4) is 5.75 Å². The van der Waals surface area contributed by atoms with E-state index in [4.69, 9.17) is 4.74 Å². The number of fused-ring (bicyclic) bond motifs is 1. The first-order chi connectivity index (χ1) is 13.8. The maximum absolute atomic E-state index is 12.6. The average molecular weight is 394 g/mol. The van der Waals surface area contributed by atoms with Gasteiger partial charge in [-0.15, -0.1) is 0 Å². The van der Waals surface area contributed by atoms with Gasteiger partial charge in [-0.3, -0.25) is 9.59 Å². The van der Waals surface area contributed by atoms with Crippen LogP contribution in [0.15, 0.2) is 53.3 Å². The molecule has 0 aliphatic heterocycles. The predicted molar refractivity (Wildman–Crippen MR) is 115 cm³/mol. The standard InChI is InChI=1S/C22H26N4O3/c1-22(2,3)18(24-14-8-7-9-15(12-14)29-4)13-23-21(28)19-25-17-11-6-5-10-16(17)20(27)26-19/h5-12,18,24H,13H2,1-4H3,(H,23,28)(H,25,26,27)/t18-/m0/s1. The molecule has 0 saturated carbocycles. The molecule has 0 radical (unpaired) electrons. The van der Waals surface area contributed by atoms with Crippen molar-refractivity contribution in [3.63, 3.8) is 0 Å².